The summed E-state index contributed by atoms with van der Waals surface area (Å²) in [5, 5.41) is 23.6. The van der Waals surface area contributed by atoms with Crippen molar-refractivity contribution in [3.63, 3.8) is 0 Å². The highest BCUT2D eigenvalue weighted by Gasteiger charge is 2.50. The number of alkyl halides is 3. The van der Waals surface area contributed by atoms with Gasteiger partial charge in [0.15, 0.2) is 11.5 Å². The number of piperidine rings is 2. The molecule has 2 atom stereocenters. The van der Waals surface area contributed by atoms with Crippen molar-refractivity contribution in [2.24, 2.45) is 5.41 Å². The molecule has 300 valence electrons. The van der Waals surface area contributed by atoms with Gasteiger partial charge in [-0.15, -0.1) is 0 Å². The van der Waals surface area contributed by atoms with Crippen LogP contribution >= 0.6 is 11.6 Å². The maximum Gasteiger partial charge on any atom is 0.437 e. The molecule has 3 aliphatic heterocycles. The second-order valence-corrected chi connectivity index (χ2v) is 16.7. The Balaban J connectivity index is 1.00. The molecule has 6 aliphatic rings. The maximum absolute atomic E-state index is 14.7. The van der Waals surface area contributed by atoms with Crippen molar-refractivity contribution in [3.8, 4) is 33.9 Å². The maximum atomic E-state index is 14.7. The van der Waals surface area contributed by atoms with Gasteiger partial charge in [-0.3, -0.25) is 14.6 Å². The molecule has 0 radical (unpaired) electrons. The number of carbonyl (C=O) groups is 1. The second kappa shape index (κ2) is 14.4. The number of aromatic nitrogens is 2. The first kappa shape index (κ1) is 38.1. The van der Waals surface area contributed by atoms with Gasteiger partial charge in [0.05, 0.1) is 36.8 Å². The van der Waals surface area contributed by atoms with Crippen LogP contribution in [0.3, 0.4) is 0 Å². The minimum atomic E-state index is -4.81. The van der Waals surface area contributed by atoms with E-state index in [-0.39, 0.29) is 42.9 Å². The lowest BCUT2D eigenvalue weighted by Gasteiger charge is -2.50. The summed E-state index contributed by atoms with van der Waals surface area (Å²) in [4.78, 5) is 24.9. The molecule has 10 rings (SSSR count). The minimum absolute atomic E-state index is 0.0110. The minimum Gasteiger partial charge on any atom is -0.496 e. The van der Waals surface area contributed by atoms with Crippen LogP contribution in [0.4, 0.5) is 19.0 Å². The molecule has 1 aromatic heterocycles. The number of aliphatic carboxylic acids is 1. The van der Waals surface area contributed by atoms with Crippen LogP contribution in [0.25, 0.3) is 22.3 Å². The molecule has 1 saturated carbocycles. The second-order valence-electron chi connectivity index (χ2n) is 16.3. The Bertz CT molecular complexity index is 2240. The molecule has 2 unspecified atom stereocenters. The Labute approximate surface area is 334 Å². The summed E-state index contributed by atoms with van der Waals surface area (Å²) >= 11 is 7.27. The number of halogens is 4. The van der Waals surface area contributed by atoms with E-state index in [1.807, 2.05) is 47.4 Å². The van der Waals surface area contributed by atoms with E-state index in [1.54, 1.807) is 7.11 Å². The number of methoxy groups -OCH3 is 2. The first-order chi connectivity index (χ1) is 27.4. The van der Waals surface area contributed by atoms with Crippen molar-refractivity contribution in [3.05, 3.63) is 87.2 Å². The molecular weight excluding hydrogens is 759 g/mol. The number of ether oxygens (including phenoxy) is 2. The molecule has 3 saturated heterocycles. The normalized spacial score (nSPS) is 24.6. The summed E-state index contributed by atoms with van der Waals surface area (Å²) in [6.45, 7) is 1.59. The van der Waals surface area contributed by atoms with Gasteiger partial charge in [-0.2, -0.15) is 18.2 Å². The van der Waals surface area contributed by atoms with E-state index >= 15 is 0 Å². The number of nitrogens with zero attached hydrogens (tertiary/aromatic N) is 4. The predicted octanol–water partition coefficient (Wildman–Crippen LogP) is 8.09. The smallest absolute Gasteiger partial charge is 0.437 e. The van der Waals surface area contributed by atoms with Gasteiger partial charge >= 0.3 is 12.1 Å². The van der Waals surface area contributed by atoms with Crippen molar-refractivity contribution in [2.45, 2.75) is 88.3 Å². The SMILES string of the molecule is COc1cc(-c2cccc(-c3cccc4c3CCC4Nc3nc(OC)c(CN4CC5(C(=O)O)CCC4CC5)nc3C(F)(F)F)c2Cl)cc2c1C(N1CC(O)C1)CC2. The number of nitrogens with one attached hydrogen (secondary N) is 1. The van der Waals surface area contributed by atoms with Gasteiger partial charge in [0.2, 0.25) is 5.88 Å². The largest absolute Gasteiger partial charge is 0.496 e. The van der Waals surface area contributed by atoms with Crippen molar-refractivity contribution in [1.82, 2.24) is 19.8 Å². The quantitative estimate of drug-likeness (QED) is 0.145. The van der Waals surface area contributed by atoms with Crippen molar-refractivity contribution >= 4 is 23.4 Å². The Morgan fingerprint density at radius 2 is 1.72 bits per heavy atom. The fourth-order valence-corrected chi connectivity index (χ4v) is 10.5. The summed E-state index contributed by atoms with van der Waals surface area (Å²) in [5.41, 5.74) is 5.79. The lowest BCUT2D eigenvalue weighted by molar-refractivity contribution is -0.160. The fourth-order valence-electron chi connectivity index (χ4n) is 10.2. The lowest BCUT2D eigenvalue weighted by Crippen LogP contribution is -2.56. The third-order valence-electron chi connectivity index (χ3n) is 13.1. The van der Waals surface area contributed by atoms with E-state index in [4.69, 9.17) is 21.1 Å². The topological polar surface area (TPSA) is 120 Å². The van der Waals surface area contributed by atoms with Crippen LogP contribution in [0.15, 0.2) is 48.5 Å². The highest BCUT2D eigenvalue weighted by molar-refractivity contribution is 6.36. The predicted molar refractivity (Wildman–Crippen MR) is 209 cm³/mol. The number of rotatable bonds is 10. The number of fused-ring (bicyclic) bond motifs is 5. The monoisotopic (exact) mass is 803 g/mol. The van der Waals surface area contributed by atoms with Crippen LogP contribution in [0.5, 0.6) is 11.6 Å². The van der Waals surface area contributed by atoms with E-state index in [9.17, 15) is 28.2 Å². The number of carboxylic acid groups (broad SMARTS) is 1. The molecule has 3 aromatic carbocycles. The molecular formula is C43H45ClF3N5O5. The molecule has 4 aromatic rings. The molecule has 14 heteroatoms. The van der Waals surface area contributed by atoms with Crippen LogP contribution in [0.2, 0.25) is 5.02 Å². The summed E-state index contributed by atoms with van der Waals surface area (Å²) < 4.78 is 55.7. The highest BCUT2D eigenvalue weighted by atomic mass is 35.5. The number of aliphatic hydroxyl groups is 1. The van der Waals surface area contributed by atoms with Crippen LogP contribution in [-0.4, -0.2) is 81.9 Å². The zero-order valence-corrected chi connectivity index (χ0v) is 32.6. The van der Waals surface area contributed by atoms with E-state index in [2.05, 4.69) is 26.3 Å². The fraction of sp³-hybridized carbons (Fsp3) is 0.465. The van der Waals surface area contributed by atoms with Gasteiger partial charge in [-0.1, -0.05) is 54.1 Å². The first-order valence-electron chi connectivity index (χ1n) is 19.7. The van der Waals surface area contributed by atoms with Gasteiger partial charge in [0.25, 0.3) is 0 Å². The Morgan fingerprint density at radius 3 is 2.42 bits per heavy atom. The van der Waals surface area contributed by atoms with Crippen LogP contribution in [0.1, 0.15) is 84.3 Å². The van der Waals surface area contributed by atoms with Crippen molar-refractivity contribution < 1.29 is 37.7 Å². The number of hydrogen-bond donors (Lipinski definition) is 3. The molecule has 4 heterocycles. The van der Waals surface area contributed by atoms with Crippen molar-refractivity contribution in [2.75, 3.05) is 39.2 Å². The van der Waals surface area contributed by atoms with Gasteiger partial charge in [0, 0.05) is 55.0 Å². The number of aryl methyl sites for hydroxylation is 1. The van der Waals surface area contributed by atoms with E-state index in [1.165, 1.54) is 18.2 Å². The lowest BCUT2D eigenvalue weighted by atomic mass is 9.67. The molecule has 0 spiro atoms. The number of β-amino-alcohol motifs (C(OH)–C–C–N with tert-alkyl or cyclic N) is 1. The Hall–Kier alpha value is -4.43. The molecule has 10 nitrogen and oxygen atoms in total. The highest BCUT2D eigenvalue weighted by Crippen LogP contribution is 2.49. The van der Waals surface area contributed by atoms with Crippen molar-refractivity contribution in [1.29, 1.82) is 0 Å². The molecule has 3 aliphatic carbocycles. The van der Waals surface area contributed by atoms with Gasteiger partial charge < -0.3 is 25.0 Å². The summed E-state index contributed by atoms with van der Waals surface area (Å²) in [6.07, 6.45) is 0.348. The number of benzene rings is 3. The van der Waals surface area contributed by atoms with Crippen LogP contribution in [-0.2, 0) is 30.4 Å². The Morgan fingerprint density at radius 1 is 0.982 bits per heavy atom. The first-order valence-corrected chi connectivity index (χ1v) is 20.0. The standard InChI is InChI=1S/C43H45ClF3N5O5/c1-56-35-18-24(17-23-9-12-34(36(23)35)51-19-26(53)20-51)27-5-3-8-31(37(27)44)28-6-4-7-30-29(28)10-11-32(30)49-39-38(43(45,46)47)48-33(40(50-39)57-2)21-52-22-42(41(54)55)15-13-25(52)14-16-42/h3-8,17-18,25-26,32,34,53H,9-16,19-22H2,1-2H3,(H,49,50)(H,54,55). The van der Waals surface area contributed by atoms with Crippen LogP contribution in [0, 0.1) is 5.41 Å². The molecule has 2 bridgehead atoms. The number of carboxylic acids is 1. The van der Waals surface area contributed by atoms with Crippen LogP contribution < -0.4 is 14.8 Å². The number of anilines is 1. The molecule has 0 amide bonds. The molecule has 4 fully saturated rings. The van der Waals surface area contributed by atoms with E-state index < -0.39 is 35.1 Å². The summed E-state index contributed by atoms with van der Waals surface area (Å²) in [5.74, 6) is -0.497. The summed E-state index contributed by atoms with van der Waals surface area (Å²) in [6, 6.07) is 15.8. The number of hydrogen-bond acceptors (Lipinski definition) is 9. The zero-order chi connectivity index (χ0) is 39.8. The third kappa shape index (κ3) is 6.60. The average Bonchev–Trinajstić information content (AvgIpc) is 3.81. The number of likely N-dealkylation sites (tertiary alicyclic amines) is 1. The Kier molecular flexibility index (Phi) is 9.65. The van der Waals surface area contributed by atoms with Gasteiger partial charge in [-0.05, 0) is 85.3 Å². The number of aliphatic hydroxyl groups excluding tert-OH is 1. The molecule has 3 N–H and O–H groups in total. The van der Waals surface area contributed by atoms with Gasteiger partial charge in [0.1, 0.15) is 11.4 Å². The third-order valence-corrected chi connectivity index (χ3v) is 13.5. The molecule has 57 heavy (non-hydrogen) atoms. The summed E-state index contributed by atoms with van der Waals surface area (Å²) in [7, 11) is 3.04. The van der Waals surface area contributed by atoms with Gasteiger partial charge in [-0.25, -0.2) is 4.98 Å². The van der Waals surface area contributed by atoms with E-state index in [0.29, 0.717) is 56.6 Å². The van der Waals surface area contributed by atoms with E-state index in [0.717, 1.165) is 52.0 Å². The zero-order valence-electron chi connectivity index (χ0n) is 31.8. The average molecular weight is 804 g/mol.